The molecule has 0 aliphatic rings. The normalized spacial score (nSPS) is 11.8. The molecule has 0 fully saturated rings. The first-order valence-electron chi connectivity index (χ1n) is 21.4. The SMILES string of the molecule is CC(C)(C)c1cc(-c2cc(-c3ccccc3)ccn2)cc(-c2cccc3c2nc(-c2c(O)ccc4c2oc2cc(-c5ccccc5)ccc24)n3-c2ccccc2-c2ccccc2)c1. The van der Waals surface area contributed by atoms with Gasteiger partial charge in [-0.05, 0) is 105 Å². The number of hydrogen-bond acceptors (Lipinski definition) is 4. The van der Waals surface area contributed by atoms with E-state index in [1.807, 2.05) is 42.6 Å². The summed E-state index contributed by atoms with van der Waals surface area (Å²) in [6.45, 7) is 6.74. The molecule has 0 bridgehead atoms. The van der Waals surface area contributed by atoms with Gasteiger partial charge in [0.2, 0.25) is 0 Å². The fourth-order valence-corrected chi connectivity index (χ4v) is 8.89. The lowest BCUT2D eigenvalue weighted by Crippen LogP contribution is -2.11. The second-order valence-electron chi connectivity index (χ2n) is 17.2. The van der Waals surface area contributed by atoms with Crippen LogP contribution < -0.4 is 0 Å². The fraction of sp³-hybridized carbons (Fsp3) is 0.0690. The molecular formula is C58H43N3O2. The van der Waals surface area contributed by atoms with Gasteiger partial charge < -0.3 is 9.52 Å². The molecule has 1 N–H and O–H groups in total. The van der Waals surface area contributed by atoms with Crippen molar-refractivity contribution in [3.8, 4) is 78.6 Å². The number of para-hydroxylation sites is 2. The molecule has 0 saturated heterocycles. The van der Waals surface area contributed by atoms with Crippen LogP contribution in [0.2, 0.25) is 0 Å². The number of furan rings is 1. The average Bonchev–Trinajstić information content (AvgIpc) is 3.90. The van der Waals surface area contributed by atoms with E-state index in [-0.39, 0.29) is 11.2 Å². The maximum absolute atomic E-state index is 12.1. The Balaban J connectivity index is 1.18. The number of nitrogens with zero attached hydrogens (tertiary/aromatic N) is 3. The summed E-state index contributed by atoms with van der Waals surface area (Å²) in [5, 5.41) is 13.9. The van der Waals surface area contributed by atoms with Crippen LogP contribution in [-0.2, 0) is 5.41 Å². The Labute approximate surface area is 366 Å². The number of aromatic hydroxyl groups is 1. The van der Waals surface area contributed by atoms with E-state index in [2.05, 4.69) is 177 Å². The molecule has 11 rings (SSSR count). The second kappa shape index (κ2) is 15.2. The van der Waals surface area contributed by atoms with Gasteiger partial charge in [-0.25, -0.2) is 4.98 Å². The van der Waals surface area contributed by atoms with Crippen molar-refractivity contribution in [3.63, 3.8) is 0 Å². The molecule has 0 unspecified atom stereocenters. The van der Waals surface area contributed by atoms with Gasteiger partial charge in [-0.2, -0.15) is 0 Å². The molecule has 3 heterocycles. The van der Waals surface area contributed by atoms with E-state index in [0.717, 1.165) is 88.8 Å². The Bertz CT molecular complexity index is 3490. The Morgan fingerprint density at radius 2 is 1.14 bits per heavy atom. The zero-order valence-electron chi connectivity index (χ0n) is 35.2. The lowest BCUT2D eigenvalue weighted by Gasteiger charge is -2.22. The number of pyridine rings is 1. The number of fused-ring (bicyclic) bond motifs is 4. The Kier molecular flexibility index (Phi) is 9.13. The number of hydrogen-bond donors (Lipinski definition) is 1. The van der Waals surface area contributed by atoms with Gasteiger partial charge in [-0.3, -0.25) is 9.55 Å². The minimum absolute atomic E-state index is 0.0847. The molecule has 0 radical (unpaired) electrons. The van der Waals surface area contributed by atoms with Crippen molar-refractivity contribution >= 4 is 33.0 Å². The first kappa shape index (κ1) is 37.9. The molecule has 0 atom stereocenters. The summed E-state index contributed by atoms with van der Waals surface area (Å²) in [7, 11) is 0. The third-order valence-corrected chi connectivity index (χ3v) is 12.1. The van der Waals surface area contributed by atoms with Gasteiger partial charge in [0, 0.05) is 33.7 Å². The quantitative estimate of drug-likeness (QED) is 0.174. The highest BCUT2D eigenvalue weighted by Gasteiger charge is 2.26. The highest BCUT2D eigenvalue weighted by molar-refractivity contribution is 6.12. The van der Waals surface area contributed by atoms with Gasteiger partial charge in [0.05, 0.1) is 22.4 Å². The van der Waals surface area contributed by atoms with Gasteiger partial charge in [-0.1, -0.05) is 154 Å². The summed E-state index contributed by atoms with van der Waals surface area (Å²) in [4.78, 5) is 10.5. The van der Waals surface area contributed by atoms with Crippen molar-refractivity contribution in [1.29, 1.82) is 0 Å². The Morgan fingerprint density at radius 1 is 0.508 bits per heavy atom. The molecule has 8 aromatic carbocycles. The minimum atomic E-state index is -0.155. The lowest BCUT2D eigenvalue weighted by atomic mass is 9.83. The summed E-state index contributed by atoms with van der Waals surface area (Å²) < 4.78 is 9.03. The third kappa shape index (κ3) is 6.75. The Hall–Kier alpha value is -8.02. The zero-order chi connectivity index (χ0) is 42.7. The molecule has 0 aliphatic carbocycles. The molecule has 0 saturated carbocycles. The van der Waals surface area contributed by atoms with Gasteiger partial charge in [0.15, 0.2) is 5.82 Å². The third-order valence-electron chi connectivity index (χ3n) is 12.1. The van der Waals surface area contributed by atoms with Gasteiger partial charge in [-0.15, -0.1) is 0 Å². The summed E-state index contributed by atoms with van der Waals surface area (Å²) >= 11 is 0. The van der Waals surface area contributed by atoms with Crippen molar-refractivity contribution in [1.82, 2.24) is 14.5 Å². The maximum Gasteiger partial charge on any atom is 0.153 e. The van der Waals surface area contributed by atoms with Crippen LogP contribution in [0.5, 0.6) is 5.75 Å². The fourth-order valence-electron chi connectivity index (χ4n) is 8.89. The van der Waals surface area contributed by atoms with Gasteiger partial charge in [0.25, 0.3) is 0 Å². The van der Waals surface area contributed by atoms with Crippen LogP contribution in [0.25, 0.3) is 106 Å². The molecule has 0 spiro atoms. The van der Waals surface area contributed by atoms with Crippen molar-refractivity contribution < 1.29 is 9.52 Å². The van der Waals surface area contributed by atoms with Crippen LogP contribution in [0.4, 0.5) is 0 Å². The van der Waals surface area contributed by atoms with Gasteiger partial charge >= 0.3 is 0 Å². The standard InChI is InChI=1S/C58H43N3O2/c1-58(2,3)44-33-42(32-43(34-44)49-35-41(30-31-59-49)38-18-9-5-10-19-38)46-23-15-25-51-55(46)60-57(61(51)50-24-14-13-22-45(50)39-20-11-6-12-21-39)54-52(62)29-28-48-47-27-26-40(36-53(47)63-56(48)54)37-16-7-4-8-17-37/h4-36,62H,1-3H3. The van der Waals surface area contributed by atoms with Crippen molar-refractivity contribution in [3.05, 3.63) is 206 Å². The zero-order valence-corrected chi connectivity index (χ0v) is 35.2. The summed E-state index contributed by atoms with van der Waals surface area (Å²) in [5.41, 5.74) is 16.0. The van der Waals surface area contributed by atoms with E-state index < -0.39 is 0 Å². The molecular weight excluding hydrogens is 771 g/mol. The number of rotatable bonds is 7. The first-order valence-corrected chi connectivity index (χ1v) is 21.4. The number of imidazole rings is 1. The van der Waals surface area contributed by atoms with E-state index in [9.17, 15) is 5.11 Å². The number of benzene rings is 8. The number of aromatic nitrogens is 3. The summed E-state index contributed by atoms with van der Waals surface area (Å²) in [6.07, 6.45) is 1.90. The Morgan fingerprint density at radius 3 is 1.87 bits per heavy atom. The predicted molar refractivity (Wildman–Crippen MR) is 259 cm³/mol. The molecule has 5 nitrogen and oxygen atoms in total. The topological polar surface area (TPSA) is 64.1 Å². The van der Waals surface area contributed by atoms with E-state index >= 15 is 0 Å². The molecule has 5 heteroatoms. The van der Waals surface area contributed by atoms with Crippen molar-refractivity contribution in [2.24, 2.45) is 0 Å². The van der Waals surface area contributed by atoms with Crippen LogP contribution in [0.3, 0.4) is 0 Å². The van der Waals surface area contributed by atoms with Crippen LogP contribution >= 0.6 is 0 Å². The minimum Gasteiger partial charge on any atom is -0.507 e. The van der Waals surface area contributed by atoms with Crippen LogP contribution in [-0.4, -0.2) is 19.6 Å². The second-order valence-corrected chi connectivity index (χ2v) is 17.2. The van der Waals surface area contributed by atoms with Crippen molar-refractivity contribution in [2.45, 2.75) is 26.2 Å². The molecule has 11 aromatic rings. The van der Waals surface area contributed by atoms with Gasteiger partial charge in [0.1, 0.15) is 22.5 Å². The lowest BCUT2D eigenvalue weighted by molar-refractivity contribution is 0.476. The van der Waals surface area contributed by atoms with E-state index in [1.54, 1.807) is 6.07 Å². The summed E-state index contributed by atoms with van der Waals surface area (Å²) in [6, 6.07) is 67.0. The smallest absolute Gasteiger partial charge is 0.153 e. The first-order chi connectivity index (χ1) is 30.8. The average molecular weight is 814 g/mol. The molecule has 0 aliphatic heterocycles. The molecule has 0 amide bonds. The van der Waals surface area contributed by atoms with Crippen LogP contribution in [0.15, 0.2) is 205 Å². The molecule has 63 heavy (non-hydrogen) atoms. The monoisotopic (exact) mass is 813 g/mol. The number of phenolic OH excluding ortho intramolecular Hbond substituents is 1. The van der Waals surface area contributed by atoms with E-state index in [1.165, 1.54) is 5.56 Å². The van der Waals surface area contributed by atoms with E-state index in [4.69, 9.17) is 14.4 Å². The molecule has 302 valence electrons. The maximum atomic E-state index is 12.1. The predicted octanol–water partition coefficient (Wildman–Crippen LogP) is 15.3. The summed E-state index contributed by atoms with van der Waals surface area (Å²) in [5.74, 6) is 0.664. The van der Waals surface area contributed by atoms with E-state index in [0.29, 0.717) is 17.0 Å². The highest BCUT2D eigenvalue weighted by atomic mass is 16.3. The van der Waals surface area contributed by atoms with Crippen LogP contribution in [0.1, 0.15) is 26.3 Å². The molecule has 3 aromatic heterocycles. The van der Waals surface area contributed by atoms with Crippen molar-refractivity contribution in [2.75, 3.05) is 0 Å². The van der Waals surface area contributed by atoms with Crippen LogP contribution in [0, 0.1) is 0 Å². The number of phenols is 1. The largest absolute Gasteiger partial charge is 0.507 e. The highest BCUT2D eigenvalue weighted by Crippen LogP contribution is 2.46.